The van der Waals surface area contributed by atoms with Crippen LogP contribution < -0.4 is 5.32 Å². The summed E-state index contributed by atoms with van der Waals surface area (Å²) < 4.78 is 0. The number of carbonyl (C=O) groups excluding carboxylic acids is 1. The number of phenolic OH excluding ortho intramolecular Hbond substituents is 1. The molecular weight excluding hydrogens is 366 g/mol. The fraction of sp³-hybridized carbons (Fsp3) is 0.409. The Hall–Kier alpha value is -2.77. The summed E-state index contributed by atoms with van der Waals surface area (Å²) >= 11 is 0. The molecular formula is C22H25N5O2. The summed E-state index contributed by atoms with van der Waals surface area (Å²) in [7, 11) is 0. The van der Waals surface area contributed by atoms with Crippen molar-refractivity contribution >= 4 is 16.8 Å². The van der Waals surface area contributed by atoms with Crippen LogP contribution in [0.2, 0.25) is 0 Å². The third-order valence-electron chi connectivity index (χ3n) is 6.33. The highest BCUT2D eigenvalue weighted by Gasteiger charge is 2.39. The molecule has 0 bridgehead atoms. The Morgan fingerprint density at radius 1 is 1.24 bits per heavy atom. The lowest BCUT2D eigenvalue weighted by atomic mass is 9.80. The van der Waals surface area contributed by atoms with Crippen LogP contribution in [-0.4, -0.2) is 63.7 Å². The van der Waals surface area contributed by atoms with Crippen LogP contribution in [0.4, 0.5) is 0 Å². The van der Waals surface area contributed by atoms with Crippen LogP contribution >= 0.6 is 0 Å². The van der Waals surface area contributed by atoms with E-state index in [1.807, 2.05) is 6.07 Å². The maximum absolute atomic E-state index is 13.3. The predicted molar refractivity (Wildman–Crippen MR) is 111 cm³/mol. The molecule has 3 N–H and O–H groups in total. The van der Waals surface area contributed by atoms with E-state index in [2.05, 4.69) is 25.4 Å². The van der Waals surface area contributed by atoms with Crippen molar-refractivity contribution in [3.8, 4) is 17.0 Å². The van der Waals surface area contributed by atoms with E-state index < -0.39 is 0 Å². The lowest BCUT2D eigenvalue weighted by Gasteiger charge is -2.33. The molecule has 1 spiro atoms. The van der Waals surface area contributed by atoms with Crippen LogP contribution in [0.3, 0.4) is 0 Å². The summed E-state index contributed by atoms with van der Waals surface area (Å²) in [5.74, 6) is 0.299. The summed E-state index contributed by atoms with van der Waals surface area (Å²) in [6, 6.07) is 8.69. The van der Waals surface area contributed by atoms with E-state index >= 15 is 0 Å². The molecule has 2 saturated heterocycles. The first-order chi connectivity index (χ1) is 14.1. The SMILES string of the molecule is O=C(CN1CCC2(CCCNC2)C1)c1cc(-c2ccc(O)cc2)nc2[nH]ncc12. The van der Waals surface area contributed by atoms with Gasteiger partial charge in [-0.1, -0.05) is 0 Å². The van der Waals surface area contributed by atoms with Crippen LogP contribution in [-0.2, 0) is 0 Å². The number of aromatic hydroxyl groups is 1. The van der Waals surface area contributed by atoms with Crippen molar-refractivity contribution in [1.29, 1.82) is 0 Å². The van der Waals surface area contributed by atoms with Gasteiger partial charge < -0.3 is 10.4 Å². The maximum Gasteiger partial charge on any atom is 0.177 e. The Kier molecular flexibility index (Phi) is 4.56. The molecule has 1 aromatic carbocycles. The molecule has 0 radical (unpaired) electrons. The fourth-order valence-electron chi connectivity index (χ4n) is 4.77. The molecule has 0 saturated carbocycles. The van der Waals surface area contributed by atoms with Crippen molar-refractivity contribution in [2.45, 2.75) is 19.3 Å². The number of likely N-dealkylation sites (tertiary alicyclic amines) is 1. The first-order valence-electron chi connectivity index (χ1n) is 10.2. The van der Waals surface area contributed by atoms with E-state index in [-0.39, 0.29) is 11.5 Å². The molecule has 0 aliphatic carbocycles. The number of piperidine rings is 1. The lowest BCUT2D eigenvalue weighted by Crippen LogP contribution is -2.42. The van der Waals surface area contributed by atoms with Crippen molar-refractivity contribution in [2.24, 2.45) is 5.41 Å². The molecule has 2 fully saturated rings. The van der Waals surface area contributed by atoms with Gasteiger partial charge in [-0.15, -0.1) is 0 Å². The normalized spacial score (nSPS) is 22.5. The van der Waals surface area contributed by atoms with Crippen LogP contribution in [0.25, 0.3) is 22.3 Å². The number of nitrogens with zero attached hydrogens (tertiary/aromatic N) is 3. The van der Waals surface area contributed by atoms with Crippen molar-refractivity contribution in [3.05, 3.63) is 42.1 Å². The van der Waals surface area contributed by atoms with Crippen molar-refractivity contribution in [3.63, 3.8) is 0 Å². The number of aromatic amines is 1. The molecule has 29 heavy (non-hydrogen) atoms. The Balaban J connectivity index is 1.41. The Bertz CT molecular complexity index is 1040. The van der Waals surface area contributed by atoms with Crippen LogP contribution in [0.15, 0.2) is 36.5 Å². The molecule has 5 rings (SSSR count). The smallest absolute Gasteiger partial charge is 0.177 e. The molecule has 7 nitrogen and oxygen atoms in total. The number of carbonyl (C=O) groups is 1. The monoisotopic (exact) mass is 391 g/mol. The number of ketones is 1. The Morgan fingerprint density at radius 3 is 2.90 bits per heavy atom. The molecule has 7 heteroatoms. The third kappa shape index (κ3) is 3.52. The molecule has 2 aromatic heterocycles. The van der Waals surface area contributed by atoms with Crippen molar-refractivity contribution in [2.75, 3.05) is 32.7 Å². The van der Waals surface area contributed by atoms with Gasteiger partial charge in [-0.25, -0.2) is 4.98 Å². The van der Waals surface area contributed by atoms with Gasteiger partial charge in [-0.2, -0.15) is 5.10 Å². The third-order valence-corrected chi connectivity index (χ3v) is 6.33. The van der Waals surface area contributed by atoms with Crippen LogP contribution in [0, 0.1) is 5.41 Å². The lowest BCUT2D eigenvalue weighted by molar-refractivity contribution is 0.0935. The molecule has 1 atom stereocenters. The van der Waals surface area contributed by atoms with Crippen molar-refractivity contribution < 1.29 is 9.90 Å². The number of H-pyrrole nitrogens is 1. The van der Waals surface area contributed by atoms with E-state index in [1.165, 1.54) is 12.8 Å². The quantitative estimate of drug-likeness (QED) is 0.592. The highest BCUT2D eigenvalue weighted by Crippen LogP contribution is 2.36. The number of aromatic nitrogens is 3. The number of hydrogen-bond acceptors (Lipinski definition) is 6. The summed E-state index contributed by atoms with van der Waals surface area (Å²) in [4.78, 5) is 20.2. The number of nitrogens with one attached hydrogen (secondary N) is 2. The van der Waals surface area contributed by atoms with Gasteiger partial charge in [0.1, 0.15) is 5.75 Å². The fourth-order valence-corrected chi connectivity index (χ4v) is 4.77. The Labute approximate surface area is 169 Å². The highest BCUT2D eigenvalue weighted by molar-refractivity contribution is 6.08. The van der Waals surface area contributed by atoms with E-state index in [4.69, 9.17) is 0 Å². The molecule has 150 valence electrons. The number of rotatable bonds is 4. The highest BCUT2D eigenvalue weighted by atomic mass is 16.3. The first-order valence-corrected chi connectivity index (χ1v) is 10.2. The number of hydrogen-bond donors (Lipinski definition) is 3. The number of benzene rings is 1. The van der Waals surface area contributed by atoms with Gasteiger partial charge in [0.05, 0.1) is 18.4 Å². The zero-order chi connectivity index (χ0) is 19.8. The first kappa shape index (κ1) is 18.3. The van der Waals surface area contributed by atoms with Gasteiger partial charge in [0.15, 0.2) is 11.4 Å². The van der Waals surface area contributed by atoms with E-state index in [9.17, 15) is 9.90 Å². The second-order valence-electron chi connectivity index (χ2n) is 8.40. The van der Waals surface area contributed by atoms with Crippen LogP contribution in [0.1, 0.15) is 29.6 Å². The average molecular weight is 391 g/mol. The summed E-state index contributed by atoms with van der Waals surface area (Å²) in [6.07, 6.45) is 5.30. The zero-order valence-electron chi connectivity index (χ0n) is 16.3. The molecule has 0 amide bonds. The number of pyridine rings is 1. The van der Waals surface area contributed by atoms with Gasteiger partial charge in [0.2, 0.25) is 0 Å². The second-order valence-corrected chi connectivity index (χ2v) is 8.40. The minimum atomic E-state index is 0.0969. The maximum atomic E-state index is 13.3. The number of phenols is 1. The van der Waals surface area contributed by atoms with Crippen molar-refractivity contribution in [1.82, 2.24) is 25.4 Å². The zero-order valence-corrected chi connectivity index (χ0v) is 16.3. The van der Waals surface area contributed by atoms with Gasteiger partial charge in [-0.3, -0.25) is 14.8 Å². The molecule has 3 aromatic rings. The van der Waals surface area contributed by atoms with Gasteiger partial charge in [0.25, 0.3) is 0 Å². The molecule has 4 heterocycles. The second kappa shape index (κ2) is 7.24. The minimum Gasteiger partial charge on any atom is -0.508 e. The van der Waals surface area contributed by atoms with Crippen LogP contribution in [0.5, 0.6) is 5.75 Å². The molecule has 2 aliphatic heterocycles. The molecule has 2 aliphatic rings. The number of Topliss-reactive ketones (excluding diaryl/α,β-unsaturated/α-hetero) is 1. The predicted octanol–water partition coefficient (Wildman–Crippen LogP) is 2.59. The van der Waals surface area contributed by atoms with Gasteiger partial charge in [-0.05, 0) is 68.1 Å². The van der Waals surface area contributed by atoms with Gasteiger partial charge in [0, 0.05) is 29.6 Å². The number of fused-ring (bicyclic) bond motifs is 1. The topological polar surface area (TPSA) is 94.1 Å². The summed E-state index contributed by atoms with van der Waals surface area (Å²) in [5, 5.41) is 20.8. The van der Waals surface area contributed by atoms with E-state index in [1.54, 1.807) is 30.5 Å². The largest absolute Gasteiger partial charge is 0.508 e. The molecule has 1 unspecified atom stereocenters. The average Bonchev–Trinajstić information content (AvgIpc) is 3.35. The standard InChI is InChI=1S/C22H25N5O2/c28-16-4-2-15(3-5-16)19-10-17(18-11-24-26-21(18)25-19)20(29)12-27-9-7-22(14-27)6-1-8-23-13-22/h2-5,10-11,23,28H,1,6-9,12-14H2,(H,24,25,26). The van der Waals surface area contributed by atoms with Gasteiger partial charge >= 0.3 is 0 Å². The van der Waals surface area contributed by atoms with E-state index in [0.717, 1.165) is 43.5 Å². The van der Waals surface area contributed by atoms with E-state index in [0.29, 0.717) is 28.9 Å². The summed E-state index contributed by atoms with van der Waals surface area (Å²) in [6.45, 7) is 4.54. The summed E-state index contributed by atoms with van der Waals surface area (Å²) in [5.41, 5.74) is 3.13. The Morgan fingerprint density at radius 2 is 2.10 bits per heavy atom. The minimum absolute atomic E-state index is 0.0969.